The van der Waals surface area contributed by atoms with Crippen LogP contribution in [0.3, 0.4) is 0 Å². The largest absolute Gasteiger partial charge is 0.492 e. The number of nitrogens with one attached hydrogen (secondary N) is 1. The summed E-state index contributed by atoms with van der Waals surface area (Å²) in [5.41, 5.74) is 1.16. The van der Waals surface area contributed by atoms with Gasteiger partial charge in [0.1, 0.15) is 12.4 Å². The first-order chi connectivity index (χ1) is 9.31. The molecule has 0 atom stereocenters. The van der Waals surface area contributed by atoms with Gasteiger partial charge in [0.25, 0.3) is 0 Å². The van der Waals surface area contributed by atoms with Gasteiger partial charge in [-0.3, -0.25) is 4.90 Å². The second-order valence-electron chi connectivity index (χ2n) is 4.30. The molecule has 0 aliphatic carbocycles. The maximum Gasteiger partial charge on any atom is 0.123 e. The van der Waals surface area contributed by atoms with Crippen LogP contribution in [0.4, 0.5) is 0 Å². The van der Waals surface area contributed by atoms with Crippen LogP contribution in [0.5, 0.6) is 5.75 Å². The molecule has 0 spiro atoms. The van der Waals surface area contributed by atoms with Crippen molar-refractivity contribution in [2.24, 2.45) is 0 Å². The lowest BCUT2D eigenvalue weighted by atomic mass is 10.2. The smallest absolute Gasteiger partial charge is 0.123 e. The van der Waals surface area contributed by atoms with Crippen LogP contribution < -0.4 is 10.1 Å². The Labute approximate surface area is 115 Å². The monoisotopic (exact) mass is 264 g/mol. The van der Waals surface area contributed by atoms with E-state index in [2.05, 4.69) is 22.9 Å². The van der Waals surface area contributed by atoms with Gasteiger partial charge in [-0.1, -0.05) is 24.3 Å². The van der Waals surface area contributed by atoms with Gasteiger partial charge in [-0.2, -0.15) is 0 Å². The number of nitrogens with zero attached hydrogens (tertiary/aromatic N) is 1. The quantitative estimate of drug-likeness (QED) is 0.625. The molecule has 1 aromatic carbocycles. The van der Waals surface area contributed by atoms with Gasteiger partial charge in [0.15, 0.2) is 0 Å². The van der Waals surface area contributed by atoms with Gasteiger partial charge in [0, 0.05) is 31.7 Å². The summed E-state index contributed by atoms with van der Waals surface area (Å²) in [6, 6.07) is 8.02. The van der Waals surface area contributed by atoms with Crippen molar-refractivity contribution in [2.75, 3.05) is 39.9 Å². The average Bonchev–Trinajstić information content (AvgIpc) is 2.41. The normalized spacial score (nSPS) is 10.7. The maximum absolute atomic E-state index is 8.97. The first-order valence-electron chi connectivity index (χ1n) is 6.61. The van der Waals surface area contributed by atoms with Crippen LogP contribution in [-0.2, 0) is 6.54 Å². The van der Waals surface area contributed by atoms with Crippen molar-refractivity contribution in [3.8, 4) is 5.75 Å². The molecule has 4 heteroatoms. The van der Waals surface area contributed by atoms with Crippen molar-refractivity contribution in [3.63, 3.8) is 0 Å². The summed E-state index contributed by atoms with van der Waals surface area (Å²) in [4.78, 5) is 2.10. The molecular formula is C15H24N2O2. The van der Waals surface area contributed by atoms with E-state index in [1.165, 1.54) is 0 Å². The Morgan fingerprint density at radius 3 is 2.84 bits per heavy atom. The third-order valence-electron chi connectivity index (χ3n) is 2.81. The molecule has 0 heterocycles. The second kappa shape index (κ2) is 9.55. The van der Waals surface area contributed by atoms with Gasteiger partial charge >= 0.3 is 0 Å². The molecule has 0 bridgehead atoms. The van der Waals surface area contributed by atoms with Gasteiger partial charge in [0.2, 0.25) is 0 Å². The summed E-state index contributed by atoms with van der Waals surface area (Å²) < 4.78 is 5.82. The molecule has 0 saturated heterocycles. The van der Waals surface area contributed by atoms with Crippen LogP contribution in [0.15, 0.2) is 36.9 Å². The highest BCUT2D eigenvalue weighted by atomic mass is 16.5. The number of hydrogen-bond acceptors (Lipinski definition) is 4. The highest BCUT2D eigenvalue weighted by Crippen LogP contribution is 2.17. The fourth-order valence-corrected chi connectivity index (χ4v) is 1.88. The molecule has 0 saturated carbocycles. The molecule has 0 fully saturated rings. The van der Waals surface area contributed by atoms with E-state index in [-0.39, 0.29) is 6.61 Å². The molecule has 0 amide bonds. The van der Waals surface area contributed by atoms with Crippen molar-refractivity contribution < 1.29 is 9.84 Å². The Balaban J connectivity index is 2.44. The van der Waals surface area contributed by atoms with Gasteiger partial charge in [0.05, 0.1) is 6.61 Å². The molecular weight excluding hydrogens is 240 g/mol. The molecule has 1 aromatic rings. The molecule has 19 heavy (non-hydrogen) atoms. The SMILES string of the molecule is C=CCN(CCO)CCOc1ccccc1CNC. The minimum absolute atomic E-state index is 0.157. The molecule has 0 aliphatic rings. The fraction of sp³-hybridized carbons (Fsp3) is 0.467. The van der Waals surface area contributed by atoms with E-state index < -0.39 is 0 Å². The zero-order valence-corrected chi connectivity index (χ0v) is 11.6. The van der Waals surface area contributed by atoms with Crippen molar-refractivity contribution >= 4 is 0 Å². The zero-order chi connectivity index (χ0) is 13.9. The van der Waals surface area contributed by atoms with Crippen molar-refractivity contribution in [2.45, 2.75) is 6.54 Å². The van der Waals surface area contributed by atoms with Crippen LogP contribution in [0, 0.1) is 0 Å². The number of para-hydroxylation sites is 1. The molecule has 106 valence electrons. The van der Waals surface area contributed by atoms with E-state index in [1.807, 2.05) is 31.3 Å². The minimum Gasteiger partial charge on any atom is -0.492 e. The van der Waals surface area contributed by atoms with E-state index in [9.17, 15) is 0 Å². The summed E-state index contributed by atoms with van der Waals surface area (Å²) in [6.07, 6.45) is 1.84. The fourth-order valence-electron chi connectivity index (χ4n) is 1.88. The number of benzene rings is 1. The third kappa shape index (κ3) is 5.87. The van der Waals surface area contributed by atoms with E-state index >= 15 is 0 Å². The zero-order valence-electron chi connectivity index (χ0n) is 11.6. The highest BCUT2D eigenvalue weighted by Gasteiger charge is 2.04. The Kier molecular flexibility index (Phi) is 7.89. The van der Waals surface area contributed by atoms with Gasteiger partial charge in [-0.05, 0) is 13.1 Å². The van der Waals surface area contributed by atoms with Crippen molar-refractivity contribution in [1.29, 1.82) is 0 Å². The Hall–Kier alpha value is -1.36. The van der Waals surface area contributed by atoms with E-state index in [0.717, 1.165) is 30.9 Å². The van der Waals surface area contributed by atoms with Crippen molar-refractivity contribution in [3.05, 3.63) is 42.5 Å². The summed E-state index contributed by atoms with van der Waals surface area (Å²) in [6.45, 7) is 7.46. The minimum atomic E-state index is 0.157. The maximum atomic E-state index is 8.97. The summed E-state index contributed by atoms with van der Waals surface area (Å²) in [5.74, 6) is 0.916. The number of aliphatic hydroxyl groups excluding tert-OH is 1. The first kappa shape index (κ1) is 15.7. The van der Waals surface area contributed by atoms with Crippen LogP contribution in [0.2, 0.25) is 0 Å². The molecule has 1 rings (SSSR count). The molecule has 0 aliphatic heterocycles. The Morgan fingerprint density at radius 2 is 2.16 bits per heavy atom. The summed E-state index contributed by atoms with van der Waals surface area (Å²) in [5, 5.41) is 12.1. The van der Waals surface area contributed by atoms with Gasteiger partial charge < -0.3 is 15.2 Å². The topological polar surface area (TPSA) is 44.7 Å². The number of ether oxygens (including phenoxy) is 1. The highest BCUT2D eigenvalue weighted by molar-refractivity contribution is 5.33. The molecule has 4 nitrogen and oxygen atoms in total. The second-order valence-corrected chi connectivity index (χ2v) is 4.30. The van der Waals surface area contributed by atoms with E-state index in [0.29, 0.717) is 13.2 Å². The van der Waals surface area contributed by atoms with Gasteiger partial charge in [-0.25, -0.2) is 0 Å². The third-order valence-corrected chi connectivity index (χ3v) is 2.81. The molecule has 0 aromatic heterocycles. The van der Waals surface area contributed by atoms with Gasteiger partial charge in [-0.15, -0.1) is 6.58 Å². The first-order valence-corrected chi connectivity index (χ1v) is 6.61. The van der Waals surface area contributed by atoms with E-state index in [4.69, 9.17) is 9.84 Å². The Morgan fingerprint density at radius 1 is 1.37 bits per heavy atom. The lowest BCUT2D eigenvalue weighted by Gasteiger charge is -2.20. The van der Waals surface area contributed by atoms with Crippen molar-refractivity contribution in [1.82, 2.24) is 10.2 Å². The Bertz CT molecular complexity index is 369. The van der Waals surface area contributed by atoms with Crippen LogP contribution in [-0.4, -0.2) is 49.9 Å². The van der Waals surface area contributed by atoms with Crippen LogP contribution in [0.1, 0.15) is 5.56 Å². The van der Waals surface area contributed by atoms with E-state index in [1.54, 1.807) is 0 Å². The summed E-state index contributed by atoms with van der Waals surface area (Å²) in [7, 11) is 1.92. The standard InChI is InChI=1S/C15H24N2O2/c1-3-8-17(9-11-18)10-12-19-15-7-5-4-6-14(15)13-16-2/h3-7,16,18H,1,8-13H2,2H3. The molecule has 0 radical (unpaired) electrons. The summed E-state index contributed by atoms with van der Waals surface area (Å²) >= 11 is 0. The number of aliphatic hydroxyl groups is 1. The predicted octanol–water partition coefficient (Wildman–Crippen LogP) is 1.27. The lowest BCUT2D eigenvalue weighted by molar-refractivity contribution is 0.179. The van der Waals surface area contributed by atoms with Crippen LogP contribution >= 0.6 is 0 Å². The average molecular weight is 264 g/mol. The number of hydrogen-bond donors (Lipinski definition) is 2. The molecule has 0 unspecified atom stereocenters. The predicted molar refractivity (Wildman–Crippen MR) is 78.4 cm³/mol. The number of rotatable bonds is 10. The molecule has 2 N–H and O–H groups in total. The van der Waals surface area contributed by atoms with Crippen LogP contribution in [0.25, 0.3) is 0 Å². The lowest BCUT2D eigenvalue weighted by Crippen LogP contribution is -2.31.